The average molecular weight is 315 g/mol. The Kier molecular flexibility index (Phi) is 3.14. The fourth-order valence-electron chi connectivity index (χ4n) is 2.22. The first-order chi connectivity index (χ1) is 8.77. The van der Waals surface area contributed by atoms with E-state index in [-0.39, 0.29) is 0 Å². The maximum Gasteiger partial charge on any atom is 0.0259 e. The zero-order valence-corrected chi connectivity index (χ0v) is 12.1. The van der Waals surface area contributed by atoms with Crippen LogP contribution in [0.4, 0.5) is 0 Å². The van der Waals surface area contributed by atoms with Crippen LogP contribution < -0.4 is 0 Å². The molecule has 0 aromatic heterocycles. The van der Waals surface area contributed by atoms with Gasteiger partial charge in [0.1, 0.15) is 0 Å². The van der Waals surface area contributed by atoms with Crippen LogP contribution in [0.2, 0.25) is 0 Å². The second-order valence-electron chi connectivity index (χ2n) is 4.16. The molecule has 0 fully saturated rings. The lowest BCUT2D eigenvalue weighted by Crippen LogP contribution is -1.84. The molecular weight excluding hydrogens is 304 g/mol. The van der Waals surface area contributed by atoms with Gasteiger partial charge in [-0.15, -0.1) is 12.6 Å². The van der Waals surface area contributed by atoms with Gasteiger partial charge in [-0.05, 0) is 28.6 Å². The van der Waals surface area contributed by atoms with Crippen LogP contribution >= 0.6 is 28.6 Å². The van der Waals surface area contributed by atoms with E-state index in [1.807, 2.05) is 18.2 Å². The SMILES string of the molecule is Sc1ccccc1-c1cccc2cccc(Br)c12. The first kappa shape index (κ1) is 11.8. The molecule has 0 atom stereocenters. The first-order valence-electron chi connectivity index (χ1n) is 5.73. The summed E-state index contributed by atoms with van der Waals surface area (Å²) in [4.78, 5) is 1.00. The standard InChI is InChI=1S/C16H11BrS/c17-14-9-4-6-11-5-3-8-13(16(11)14)12-7-1-2-10-15(12)18/h1-10,18H. The molecule has 0 aliphatic rings. The van der Waals surface area contributed by atoms with E-state index >= 15 is 0 Å². The van der Waals surface area contributed by atoms with Crippen molar-refractivity contribution in [2.45, 2.75) is 4.90 Å². The highest BCUT2D eigenvalue weighted by Gasteiger charge is 2.08. The average Bonchev–Trinajstić information content (AvgIpc) is 2.39. The molecule has 0 heterocycles. The van der Waals surface area contributed by atoms with Crippen LogP contribution in [-0.4, -0.2) is 0 Å². The number of hydrogen-bond acceptors (Lipinski definition) is 1. The number of benzene rings is 3. The Bertz CT molecular complexity index is 714. The van der Waals surface area contributed by atoms with Gasteiger partial charge in [0, 0.05) is 14.8 Å². The predicted molar refractivity (Wildman–Crippen MR) is 84.3 cm³/mol. The maximum atomic E-state index is 4.55. The summed E-state index contributed by atoms with van der Waals surface area (Å²) in [7, 11) is 0. The highest BCUT2D eigenvalue weighted by atomic mass is 79.9. The summed E-state index contributed by atoms with van der Waals surface area (Å²) in [5, 5.41) is 2.47. The van der Waals surface area contributed by atoms with Crippen LogP contribution in [0.5, 0.6) is 0 Å². The minimum absolute atomic E-state index is 1.00. The summed E-state index contributed by atoms with van der Waals surface area (Å²) in [6.45, 7) is 0. The lowest BCUT2D eigenvalue weighted by atomic mass is 9.98. The van der Waals surface area contributed by atoms with Gasteiger partial charge in [0.25, 0.3) is 0 Å². The molecule has 88 valence electrons. The quantitative estimate of drug-likeness (QED) is 0.559. The molecule has 0 unspecified atom stereocenters. The van der Waals surface area contributed by atoms with Gasteiger partial charge in [0.05, 0.1) is 0 Å². The summed E-state index contributed by atoms with van der Waals surface area (Å²) in [5.74, 6) is 0. The third-order valence-corrected chi connectivity index (χ3v) is 4.10. The van der Waals surface area contributed by atoms with Crippen molar-refractivity contribution in [2.24, 2.45) is 0 Å². The van der Waals surface area contributed by atoms with Gasteiger partial charge in [-0.25, -0.2) is 0 Å². The third kappa shape index (κ3) is 1.96. The lowest BCUT2D eigenvalue weighted by Gasteiger charge is -2.10. The molecule has 0 spiro atoms. The molecule has 0 bridgehead atoms. The summed E-state index contributed by atoms with van der Waals surface area (Å²) < 4.78 is 1.12. The topological polar surface area (TPSA) is 0 Å². The van der Waals surface area contributed by atoms with Crippen molar-refractivity contribution >= 4 is 39.3 Å². The van der Waals surface area contributed by atoms with E-state index < -0.39 is 0 Å². The van der Waals surface area contributed by atoms with Crippen molar-refractivity contribution in [3.8, 4) is 11.1 Å². The number of hydrogen-bond donors (Lipinski definition) is 1. The molecule has 0 radical (unpaired) electrons. The van der Waals surface area contributed by atoms with Gasteiger partial charge in [0.15, 0.2) is 0 Å². The third-order valence-electron chi connectivity index (χ3n) is 3.05. The molecule has 0 saturated heterocycles. The van der Waals surface area contributed by atoms with Gasteiger partial charge in [-0.1, -0.05) is 64.5 Å². The molecule has 0 aliphatic heterocycles. The Hall–Kier alpha value is -1.25. The minimum Gasteiger partial charge on any atom is -0.143 e. The summed E-state index contributed by atoms with van der Waals surface area (Å²) in [5.41, 5.74) is 2.38. The number of thiol groups is 1. The molecule has 3 aromatic rings. The Morgan fingerprint density at radius 1 is 0.722 bits per heavy atom. The van der Waals surface area contributed by atoms with Crippen molar-refractivity contribution in [2.75, 3.05) is 0 Å². The maximum absolute atomic E-state index is 4.55. The van der Waals surface area contributed by atoms with Crippen molar-refractivity contribution in [1.29, 1.82) is 0 Å². The Labute approximate surface area is 120 Å². The van der Waals surface area contributed by atoms with Gasteiger partial charge < -0.3 is 0 Å². The van der Waals surface area contributed by atoms with E-state index in [0.29, 0.717) is 0 Å². The molecule has 18 heavy (non-hydrogen) atoms. The largest absolute Gasteiger partial charge is 0.143 e. The number of rotatable bonds is 1. The van der Waals surface area contributed by atoms with Gasteiger partial charge in [-0.3, -0.25) is 0 Å². The van der Waals surface area contributed by atoms with E-state index in [2.05, 4.69) is 71.0 Å². The Morgan fingerprint density at radius 3 is 2.17 bits per heavy atom. The molecule has 0 saturated carbocycles. The molecule has 0 nitrogen and oxygen atoms in total. The van der Waals surface area contributed by atoms with Crippen LogP contribution in [0.1, 0.15) is 0 Å². The molecule has 0 aliphatic carbocycles. The predicted octanol–water partition coefficient (Wildman–Crippen LogP) is 5.56. The van der Waals surface area contributed by atoms with Gasteiger partial charge in [-0.2, -0.15) is 0 Å². The highest BCUT2D eigenvalue weighted by Crippen LogP contribution is 2.36. The monoisotopic (exact) mass is 314 g/mol. The number of halogens is 1. The summed E-state index contributed by atoms with van der Waals surface area (Å²) >= 11 is 8.20. The smallest absolute Gasteiger partial charge is 0.0259 e. The van der Waals surface area contributed by atoms with Crippen LogP contribution in [-0.2, 0) is 0 Å². The van der Waals surface area contributed by atoms with Crippen LogP contribution in [0.3, 0.4) is 0 Å². The van der Waals surface area contributed by atoms with E-state index in [0.717, 1.165) is 9.37 Å². The molecular formula is C16H11BrS. The van der Waals surface area contributed by atoms with E-state index in [1.54, 1.807) is 0 Å². The summed E-state index contributed by atoms with van der Waals surface area (Å²) in [6.07, 6.45) is 0. The lowest BCUT2D eigenvalue weighted by molar-refractivity contribution is 1.47. The van der Waals surface area contributed by atoms with Crippen LogP contribution in [0.15, 0.2) is 70.0 Å². The van der Waals surface area contributed by atoms with Crippen LogP contribution in [0, 0.1) is 0 Å². The van der Waals surface area contributed by atoms with Crippen molar-refractivity contribution in [3.63, 3.8) is 0 Å². The molecule has 2 heteroatoms. The fourth-order valence-corrected chi connectivity index (χ4v) is 3.10. The van der Waals surface area contributed by atoms with Crippen LogP contribution in [0.25, 0.3) is 21.9 Å². The molecule has 0 amide bonds. The van der Waals surface area contributed by atoms with E-state index in [4.69, 9.17) is 0 Å². The second kappa shape index (κ2) is 4.79. The Balaban J connectivity index is 2.40. The minimum atomic E-state index is 1.00. The van der Waals surface area contributed by atoms with Gasteiger partial charge in [0.2, 0.25) is 0 Å². The zero-order valence-electron chi connectivity index (χ0n) is 9.60. The fraction of sp³-hybridized carbons (Fsp3) is 0. The zero-order chi connectivity index (χ0) is 12.5. The van der Waals surface area contributed by atoms with E-state index in [9.17, 15) is 0 Å². The molecule has 0 N–H and O–H groups in total. The number of fused-ring (bicyclic) bond motifs is 1. The van der Waals surface area contributed by atoms with Crippen molar-refractivity contribution < 1.29 is 0 Å². The highest BCUT2D eigenvalue weighted by molar-refractivity contribution is 9.10. The normalized spacial score (nSPS) is 10.8. The summed E-state index contributed by atoms with van der Waals surface area (Å²) in [6, 6.07) is 20.8. The first-order valence-corrected chi connectivity index (χ1v) is 6.97. The molecule has 3 rings (SSSR count). The van der Waals surface area contributed by atoms with Gasteiger partial charge >= 0.3 is 0 Å². The molecule has 3 aromatic carbocycles. The van der Waals surface area contributed by atoms with Crippen molar-refractivity contribution in [1.82, 2.24) is 0 Å². The van der Waals surface area contributed by atoms with Crippen molar-refractivity contribution in [3.05, 3.63) is 65.1 Å². The van der Waals surface area contributed by atoms with E-state index in [1.165, 1.54) is 21.9 Å². The second-order valence-corrected chi connectivity index (χ2v) is 5.50. The Morgan fingerprint density at radius 2 is 1.39 bits per heavy atom.